The lowest BCUT2D eigenvalue weighted by molar-refractivity contribution is 0.303. The van der Waals surface area contributed by atoms with Crippen LogP contribution in [0.25, 0.3) is 0 Å². The van der Waals surface area contributed by atoms with Gasteiger partial charge in [0.25, 0.3) is 0 Å². The Kier molecular flexibility index (Phi) is 8.53. The van der Waals surface area contributed by atoms with Gasteiger partial charge in [-0.2, -0.15) is 0 Å². The first-order chi connectivity index (χ1) is 6.16. The van der Waals surface area contributed by atoms with E-state index in [0.717, 1.165) is 5.92 Å². The van der Waals surface area contributed by atoms with E-state index in [1.165, 1.54) is 45.2 Å². The number of nitrogens with zero attached hydrogens (tertiary/aromatic N) is 1. The van der Waals surface area contributed by atoms with Crippen molar-refractivity contribution >= 4 is 0 Å². The lowest BCUT2D eigenvalue weighted by Gasteiger charge is -2.17. The van der Waals surface area contributed by atoms with E-state index in [9.17, 15) is 0 Å². The van der Waals surface area contributed by atoms with Crippen molar-refractivity contribution in [3.8, 4) is 0 Å². The monoisotopic (exact) mass is 185 g/mol. The number of unbranched alkanes of at least 4 members (excludes halogenated alkanes) is 3. The van der Waals surface area contributed by atoms with Gasteiger partial charge in [0.15, 0.2) is 0 Å². The van der Waals surface area contributed by atoms with Crippen LogP contribution in [-0.4, -0.2) is 25.0 Å². The van der Waals surface area contributed by atoms with Gasteiger partial charge >= 0.3 is 0 Å². The maximum absolute atomic E-state index is 2.47. The normalized spacial score (nSPS) is 11.5. The first-order valence-corrected chi connectivity index (χ1v) is 5.85. The van der Waals surface area contributed by atoms with E-state index in [-0.39, 0.29) is 0 Å². The molecule has 0 saturated heterocycles. The highest BCUT2D eigenvalue weighted by Gasteiger charge is 1.99. The van der Waals surface area contributed by atoms with Gasteiger partial charge in [0.2, 0.25) is 0 Å². The van der Waals surface area contributed by atoms with E-state index in [2.05, 4.69) is 32.7 Å². The highest BCUT2D eigenvalue weighted by Crippen LogP contribution is 2.03. The molecule has 0 heterocycles. The highest BCUT2D eigenvalue weighted by atomic mass is 15.1. The van der Waals surface area contributed by atoms with Crippen molar-refractivity contribution in [2.45, 2.75) is 52.9 Å². The average Bonchev–Trinajstić information content (AvgIpc) is 2.09. The molecule has 0 N–H and O–H groups in total. The lowest BCUT2D eigenvalue weighted by Crippen LogP contribution is -2.21. The van der Waals surface area contributed by atoms with Crippen molar-refractivity contribution in [3.05, 3.63) is 0 Å². The first-order valence-electron chi connectivity index (χ1n) is 5.85. The van der Waals surface area contributed by atoms with E-state index < -0.39 is 0 Å². The van der Waals surface area contributed by atoms with Crippen LogP contribution in [0.3, 0.4) is 0 Å². The Labute approximate surface area is 84.5 Å². The molecule has 0 rings (SSSR count). The molecule has 0 fully saturated rings. The second-order valence-corrected chi connectivity index (χ2v) is 4.55. The average molecular weight is 185 g/mol. The fourth-order valence-corrected chi connectivity index (χ4v) is 1.40. The Morgan fingerprint density at radius 1 is 1.00 bits per heavy atom. The zero-order chi connectivity index (χ0) is 10.1. The minimum Gasteiger partial charge on any atom is -0.306 e. The predicted octanol–water partition coefficient (Wildman–Crippen LogP) is 3.54. The van der Waals surface area contributed by atoms with Crippen LogP contribution in [0.4, 0.5) is 0 Å². The van der Waals surface area contributed by atoms with Crippen LogP contribution in [0.2, 0.25) is 0 Å². The largest absolute Gasteiger partial charge is 0.306 e. The quantitative estimate of drug-likeness (QED) is 0.523. The smallest absolute Gasteiger partial charge is 0.00194 e. The summed E-state index contributed by atoms with van der Waals surface area (Å²) in [4.78, 5) is 2.47. The van der Waals surface area contributed by atoms with E-state index in [4.69, 9.17) is 0 Å². The summed E-state index contributed by atoms with van der Waals surface area (Å²) in [5.74, 6) is 0.845. The topological polar surface area (TPSA) is 3.24 Å². The summed E-state index contributed by atoms with van der Waals surface area (Å²) in [5.41, 5.74) is 0. The molecule has 0 aromatic heterocycles. The van der Waals surface area contributed by atoms with Crippen molar-refractivity contribution < 1.29 is 0 Å². The molecule has 0 aliphatic carbocycles. The van der Waals surface area contributed by atoms with Gasteiger partial charge in [0.05, 0.1) is 0 Å². The number of rotatable bonds is 8. The van der Waals surface area contributed by atoms with Crippen molar-refractivity contribution in [1.82, 2.24) is 4.90 Å². The third-order valence-electron chi connectivity index (χ3n) is 2.48. The molecule has 0 amide bonds. The highest BCUT2D eigenvalue weighted by molar-refractivity contribution is 4.54. The van der Waals surface area contributed by atoms with E-state index in [1.807, 2.05) is 0 Å². The van der Waals surface area contributed by atoms with Gasteiger partial charge in [-0.05, 0) is 38.9 Å². The Hall–Kier alpha value is -0.0400. The third kappa shape index (κ3) is 9.88. The molecule has 0 aliphatic rings. The van der Waals surface area contributed by atoms with Gasteiger partial charge < -0.3 is 4.90 Å². The molecule has 1 heteroatoms. The molecule has 0 aromatic carbocycles. The molecule has 0 unspecified atom stereocenters. The minimum atomic E-state index is 0.845. The van der Waals surface area contributed by atoms with Gasteiger partial charge in [0.1, 0.15) is 0 Å². The third-order valence-corrected chi connectivity index (χ3v) is 2.48. The molecule has 13 heavy (non-hydrogen) atoms. The Bertz CT molecular complexity index is 99.3. The molecular weight excluding hydrogens is 158 g/mol. The summed E-state index contributed by atoms with van der Waals surface area (Å²) in [6.45, 7) is 9.41. The standard InChI is InChI=1S/C12H27N/c1-5-6-7-8-10-13(4)11-9-12(2)3/h12H,5-11H2,1-4H3. The van der Waals surface area contributed by atoms with Crippen LogP contribution in [-0.2, 0) is 0 Å². The van der Waals surface area contributed by atoms with E-state index >= 15 is 0 Å². The predicted molar refractivity (Wildman–Crippen MR) is 61.1 cm³/mol. The van der Waals surface area contributed by atoms with Gasteiger partial charge in [0, 0.05) is 0 Å². The fourth-order valence-electron chi connectivity index (χ4n) is 1.40. The van der Waals surface area contributed by atoms with E-state index in [0.29, 0.717) is 0 Å². The van der Waals surface area contributed by atoms with Crippen LogP contribution < -0.4 is 0 Å². The van der Waals surface area contributed by atoms with Gasteiger partial charge in [-0.3, -0.25) is 0 Å². The number of hydrogen-bond donors (Lipinski definition) is 0. The molecule has 0 spiro atoms. The Morgan fingerprint density at radius 2 is 1.69 bits per heavy atom. The Morgan fingerprint density at radius 3 is 2.23 bits per heavy atom. The van der Waals surface area contributed by atoms with Gasteiger partial charge in [-0.1, -0.05) is 40.0 Å². The molecule has 0 bridgehead atoms. The van der Waals surface area contributed by atoms with Crippen molar-refractivity contribution in [2.75, 3.05) is 20.1 Å². The fraction of sp³-hybridized carbons (Fsp3) is 1.00. The molecular formula is C12H27N. The van der Waals surface area contributed by atoms with Crippen LogP contribution in [0, 0.1) is 5.92 Å². The molecule has 0 atom stereocenters. The molecule has 0 saturated carbocycles. The van der Waals surface area contributed by atoms with Crippen molar-refractivity contribution in [3.63, 3.8) is 0 Å². The zero-order valence-electron chi connectivity index (χ0n) is 9.97. The van der Waals surface area contributed by atoms with Crippen molar-refractivity contribution in [1.29, 1.82) is 0 Å². The van der Waals surface area contributed by atoms with Crippen LogP contribution >= 0.6 is 0 Å². The molecule has 0 radical (unpaired) electrons. The summed E-state index contributed by atoms with van der Waals surface area (Å²) in [6.07, 6.45) is 6.86. The van der Waals surface area contributed by atoms with Gasteiger partial charge in [-0.15, -0.1) is 0 Å². The Balaban J connectivity index is 3.15. The maximum Gasteiger partial charge on any atom is -0.00194 e. The molecule has 0 aromatic rings. The van der Waals surface area contributed by atoms with Gasteiger partial charge in [-0.25, -0.2) is 0 Å². The molecule has 80 valence electrons. The second kappa shape index (κ2) is 8.55. The molecule has 0 aliphatic heterocycles. The van der Waals surface area contributed by atoms with Crippen LogP contribution in [0.15, 0.2) is 0 Å². The summed E-state index contributed by atoms with van der Waals surface area (Å²) < 4.78 is 0. The maximum atomic E-state index is 2.47. The summed E-state index contributed by atoms with van der Waals surface area (Å²) >= 11 is 0. The minimum absolute atomic E-state index is 0.845. The summed E-state index contributed by atoms with van der Waals surface area (Å²) in [7, 11) is 2.24. The number of hydrogen-bond acceptors (Lipinski definition) is 1. The second-order valence-electron chi connectivity index (χ2n) is 4.55. The lowest BCUT2D eigenvalue weighted by atomic mass is 10.1. The summed E-state index contributed by atoms with van der Waals surface area (Å²) in [5, 5.41) is 0. The SMILES string of the molecule is CCCCCCN(C)CCC(C)C. The zero-order valence-corrected chi connectivity index (χ0v) is 9.97. The van der Waals surface area contributed by atoms with E-state index in [1.54, 1.807) is 0 Å². The van der Waals surface area contributed by atoms with Crippen molar-refractivity contribution in [2.24, 2.45) is 5.92 Å². The summed E-state index contributed by atoms with van der Waals surface area (Å²) in [6, 6.07) is 0. The molecule has 1 nitrogen and oxygen atoms in total. The van der Waals surface area contributed by atoms with Crippen LogP contribution in [0.5, 0.6) is 0 Å². The first kappa shape index (κ1) is 13.0. The van der Waals surface area contributed by atoms with Crippen LogP contribution in [0.1, 0.15) is 52.9 Å².